The Kier molecular flexibility index (Phi) is 6.10. The van der Waals surface area contributed by atoms with Gasteiger partial charge in [-0.1, -0.05) is 17.7 Å². The molecule has 0 aliphatic carbocycles. The van der Waals surface area contributed by atoms with E-state index in [0.29, 0.717) is 16.5 Å². The summed E-state index contributed by atoms with van der Waals surface area (Å²) < 4.78 is 14.0. The molecule has 0 amide bonds. The summed E-state index contributed by atoms with van der Waals surface area (Å²) >= 11 is 3.13. The Labute approximate surface area is 104 Å². The van der Waals surface area contributed by atoms with E-state index in [1.54, 1.807) is 18.2 Å². The summed E-state index contributed by atoms with van der Waals surface area (Å²) in [6.07, 6.45) is 0.605. The van der Waals surface area contributed by atoms with Crippen LogP contribution in [0.1, 0.15) is 24.9 Å². The number of halogens is 3. The first-order chi connectivity index (χ1) is 6.52. The quantitative estimate of drug-likeness (QED) is 0.839. The van der Waals surface area contributed by atoms with Crippen LogP contribution < -0.4 is 5.73 Å². The predicted molar refractivity (Wildman–Crippen MR) is 67.7 cm³/mol. The average Bonchev–Trinajstić information content (AvgIpc) is 2.08. The Bertz CT molecular complexity index is 354. The molecule has 1 rings (SSSR count). The van der Waals surface area contributed by atoms with E-state index >= 15 is 0 Å². The van der Waals surface area contributed by atoms with Crippen LogP contribution >= 0.6 is 28.3 Å². The molecule has 0 fully saturated rings. The van der Waals surface area contributed by atoms with Gasteiger partial charge >= 0.3 is 0 Å². The van der Waals surface area contributed by atoms with Gasteiger partial charge in [0.1, 0.15) is 5.82 Å². The minimum atomic E-state index is -0.315. The minimum absolute atomic E-state index is 0. The van der Waals surface area contributed by atoms with Crippen LogP contribution in [-0.4, -0.2) is 0 Å². The predicted octanol–water partition coefficient (Wildman–Crippen LogP) is 3.98. The van der Waals surface area contributed by atoms with Crippen molar-refractivity contribution < 1.29 is 4.39 Å². The molecule has 0 bridgehead atoms. The molecule has 15 heavy (non-hydrogen) atoms. The number of rotatable bonds is 3. The van der Waals surface area contributed by atoms with Crippen molar-refractivity contribution in [3.05, 3.63) is 46.2 Å². The molecule has 0 spiro atoms. The Morgan fingerprint density at radius 3 is 2.73 bits per heavy atom. The van der Waals surface area contributed by atoms with Gasteiger partial charge in [0.05, 0.1) is 4.47 Å². The van der Waals surface area contributed by atoms with E-state index in [2.05, 4.69) is 22.5 Å². The molecular weight excluding hydrogens is 280 g/mol. The summed E-state index contributed by atoms with van der Waals surface area (Å²) in [7, 11) is 0. The summed E-state index contributed by atoms with van der Waals surface area (Å²) in [4.78, 5) is 0. The molecular formula is C11H14BrClFN. The Morgan fingerprint density at radius 1 is 1.60 bits per heavy atom. The van der Waals surface area contributed by atoms with Crippen molar-refractivity contribution in [2.24, 2.45) is 5.73 Å². The van der Waals surface area contributed by atoms with Gasteiger partial charge in [-0.3, -0.25) is 0 Å². The largest absolute Gasteiger partial charge is 0.324 e. The van der Waals surface area contributed by atoms with E-state index in [4.69, 9.17) is 5.73 Å². The van der Waals surface area contributed by atoms with Crippen molar-refractivity contribution in [3.8, 4) is 0 Å². The zero-order valence-corrected chi connectivity index (χ0v) is 10.9. The maximum Gasteiger partial charge on any atom is 0.142 e. The molecule has 4 heteroatoms. The summed E-state index contributed by atoms with van der Waals surface area (Å²) in [6.45, 7) is 5.64. The molecule has 1 nitrogen and oxygen atoms in total. The van der Waals surface area contributed by atoms with Crippen LogP contribution in [0.3, 0.4) is 0 Å². The van der Waals surface area contributed by atoms with Crippen LogP contribution in [0.5, 0.6) is 0 Å². The van der Waals surface area contributed by atoms with E-state index < -0.39 is 0 Å². The SMILES string of the molecule is C=C(C)C[C@@H](N)c1cccc(Br)c1F.Cl. The van der Waals surface area contributed by atoms with Gasteiger partial charge in [-0.15, -0.1) is 19.0 Å². The smallest absolute Gasteiger partial charge is 0.142 e. The zero-order chi connectivity index (χ0) is 10.7. The molecule has 0 saturated heterocycles. The van der Waals surface area contributed by atoms with Gasteiger partial charge in [0.15, 0.2) is 0 Å². The second-order valence-corrected chi connectivity index (χ2v) is 4.27. The summed E-state index contributed by atoms with van der Waals surface area (Å²) in [5.74, 6) is -0.277. The Balaban J connectivity index is 0.00000196. The highest BCUT2D eigenvalue weighted by Crippen LogP contribution is 2.25. The standard InChI is InChI=1S/C11H13BrFN.ClH/c1-7(2)6-10(14)8-4-3-5-9(12)11(8)13;/h3-5,10H,1,6,14H2,2H3;1H/t10-;/m1./s1. The lowest BCUT2D eigenvalue weighted by Gasteiger charge is -2.13. The minimum Gasteiger partial charge on any atom is -0.324 e. The summed E-state index contributed by atoms with van der Waals surface area (Å²) in [5.41, 5.74) is 7.33. The van der Waals surface area contributed by atoms with Gasteiger partial charge in [-0.05, 0) is 35.3 Å². The van der Waals surface area contributed by atoms with Crippen molar-refractivity contribution in [3.63, 3.8) is 0 Å². The monoisotopic (exact) mass is 293 g/mol. The highest BCUT2D eigenvalue weighted by molar-refractivity contribution is 9.10. The zero-order valence-electron chi connectivity index (χ0n) is 8.47. The number of hydrogen-bond donors (Lipinski definition) is 1. The molecule has 0 aromatic heterocycles. The van der Waals surface area contributed by atoms with Crippen LogP contribution in [-0.2, 0) is 0 Å². The van der Waals surface area contributed by atoms with Gasteiger partial charge in [0, 0.05) is 11.6 Å². The fraction of sp³-hybridized carbons (Fsp3) is 0.273. The lowest BCUT2D eigenvalue weighted by Crippen LogP contribution is -2.12. The van der Waals surface area contributed by atoms with E-state index in [1.165, 1.54) is 0 Å². The molecule has 1 aromatic carbocycles. The Morgan fingerprint density at radius 2 is 2.20 bits per heavy atom. The van der Waals surface area contributed by atoms with Gasteiger partial charge < -0.3 is 5.73 Å². The van der Waals surface area contributed by atoms with Crippen LogP contribution in [0, 0.1) is 5.82 Å². The molecule has 0 aliphatic heterocycles. The number of benzene rings is 1. The molecule has 0 aliphatic rings. The molecule has 0 unspecified atom stereocenters. The Hall–Kier alpha value is -0.380. The molecule has 0 radical (unpaired) electrons. The van der Waals surface area contributed by atoms with Crippen molar-refractivity contribution in [2.45, 2.75) is 19.4 Å². The molecule has 1 atom stereocenters. The molecule has 1 aromatic rings. The molecule has 0 heterocycles. The number of hydrogen-bond acceptors (Lipinski definition) is 1. The molecule has 0 saturated carbocycles. The van der Waals surface area contributed by atoms with Gasteiger partial charge in [-0.25, -0.2) is 4.39 Å². The van der Waals surface area contributed by atoms with Crippen LogP contribution in [0.15, 0.2) is 34.8 Å². The van der Waals surface area contributed by atoms with E-state index in [0.717, 1.165) is 5.57 Å². The average molecular weight is 295 g/mol. The van der Waals surface area contributed by atoms with Crippen LogP contribution in [0.2, 0.25) is 0 Å². The van der Waals surface area contributed by atoms with Crippen molar-refractivity contribution >= 4 is 28.3 Å². The third-order valence-corrected chi connectivity index (χ3v) is 2.56. The second kappa shape index (κ2) is 6.26. The maximum atomic E-state index is 13.5. The third-order valence-electron chi connectivity index (χ3n) is 1.95. The second-order valence-electron chi connectivity index (χ2n) is 3.41. The van der Waals surface area contributed by atoms with E-state index in [9.17, 15) is 4.39 Å². The first kappa shape index (κ1) is 14.6. The van der Waals surface area contributed by atoms with Gasteiger partial charge in [0.25, 0.3) is 0 Å². The highest BCUT2D eigenvalue weighted by atomic mass is 79.9. The maximum absolute atomic E-state index is 13.5. The van der Waals surface area contributed by atoms with E-state index in [-0.39, 0.29) is 24.3 Å². The van der Waals surface area contributed by atoms with E-state index in [1.807, 2.05) is 6.92 Å². The van der Waals surface area contributed by atoms with Crippen molar-refractivity contribution in [1.82, 2.24) is 0 Å². The lowest BCUT2D eigenvalue weighted by atomic mass is 10.0. The normalized spacial score (nSPS) is 11.7. The summed E-state index contributed by atoms with van der Waals surface area (Å²) in [6, 6.07) is 4.82. The van der Waals surface area contributed by atoms with Crippen molar-refractivity contribution in [2.75, 3.05) is 0 Å². The topological polar surface area (TPSA) is 26.0 Å². The first-order valence-corrected chi connectivity index (χ1v) is 5.15. The first-order valence-electron chi connectivity index (χ1n) is 4.36. The van der Waals surface area contributed by atoms with Gasteiger partial charge in [0.2, 0.25) is 0 Å². The lowest BCUT2D eigenvalue weighted by molar-refractivity contribution is 0.574. The fourth-order valence-electron chi connectivity index (χ4n) is 1.29. The molecule has 84 valence electrons. The third kappa shape index (κ3) is 3.93. The fourth-order valence-corrected chi connectivity index (χ4v) is 1.67. The highest BCUT2D eigenvalue weighted by Gasteiger charge is 2.12. The molecule has 2 N–H and O–H groups in total. The van der Waals surface area contributed by atoms with Crippen molar-refractivity contribution in [1.29, 1.82) is 0 Å². The van der Waals surface area contributed by atoms with Crippen LogP contribution in [0.4, 0.5) is 4.39 Å². The number of nitrogens with two attached hydrogens (primary N) is 1. The van der Waals surface area contributed by atoms with Crippen LogP contribution in [0.25, 0.3) is 0 Å². The summed E-state index contributed by atoms with van der Waals surface area (Å²) in [5, 5.41) is 0. The van der Waals surface area contributed by atoms with Gasteiger partial charge in [-0.2, -0.15) is 0 Å².